The highest BCUT2D eigenvalue weighted by Gasteiger charge is 2.05. The van der Waals surface area contributed by atoms with Crippen LogP contribution in [0.3, 0.4) is 0 Å². The third-order valence-corrected chi connectivity index (χ3v) is 1.98. The topological polar surface area (TPSA) is 59.9 Å². The molecule has 1 aliphatic heterocycles. The first-order valence-corrected chi connectivity index (χ1v) is 5.33. The van der Waals surface area contributed by atoms with Crippen molar-refractivity contribution >= 4 is 11.8 Å². The Morgan fingerprint density at radius 2 is 2.40 bits per heavy atom. The van der Waals surface area contributed by atoms with Gasteiger partial charge in [0, 0.05) is 13.0 Å². The monoisotopic (exact) mass is 214 g/mol. The third-order valence-electron chi connectivity index (χ3n) is 1.98. The van der Waals surface area contributed by atoms with E-state index in [0.717, 1.165) is 25.3 Å². The second-order valence-corrected chi connectivity index (χ2v) is 3.17. The Morgan fingerprint density at radius 3 is 3.07 bits per heavy atom. The molecular weight excluding hydrogens is 196 g/mol. The molecule has 5 heteroatoms. The fraction of sp³-hybridized carbons (Fsp3) is 0.800. The van der Waals surface area contributed by atoms with Gasteiger partial charge in [-0.3, -0.25) is 9.79 Å². The van der Waals surface area contributed by atoms with Crippen LogP contribution in [-0.4, -0.2) is 44.7 Å². The normalized spacial score (nSPS) is 14.6. The minimum Gasteiger partial charge on any atom is -0.466 e. The van der Waals surface area contributed by atoms with Crippen molar-refractivity contribution in [1.82, 2.24) is 5.32 Å². The summed E-state index contributed by atoms with van der Waals surface area (Å²) in [4.78, 5) is 15.2. The number of carbonyl (C=O) groups is 1. The second kappa shape index (κ2) is 7.23. The molecule has 0 atom stereocenters. The van der Waals surface area contributed by atoms with Gasteiger partial charge in [0.05, 0.1) is 38.6 Å². The largest absolute Gasteiger partial charge is 0.466 e. The number of carbonyl (C=O) groups excluding carboxylic acids is 1. The molecule has 0 aromatic carbocycles. The summed E-state index contributed by atoms with van der Waals surface area (Å²) in [6, 6.07) is 0. The zero-order chi connectivity index (χ0) is 10.9. The predicted molar refractivity (Wildman–Crippen MR) is 57.0 cm³/mol. The van der Waals surface area contributed by atoms with Gasteiger partial charge < -0.3 is 14.8 Å². The van der Waals surface area contributed by atoms with E-state index < -0.39 is 0 Å². The van der Waals surface area contributed by atoms with Crippen LogP contribution in [-0.2, 0) is 14.3 Å². The highest BCUT2D eigenvalue weighted by molar-refractivity contribution is 5.83. The fourth-order valence-corrected chi connectivity index (χ4v) is 1.27. The summed E-state index contributed by atoms with van der Waals surface area (Å²) in [7, 11) is 0. The van der Waals surface area contributed by atoms with Gasteiger partial charge in [-0.25, -0.2) is 0 Å². The molecule has 0 unspecified atom stereocenters. The molecular formula is C10H18N2O3. The summed E-state index contributed by atoms with van der Waals surface area (Å²) in [6.07, 6.45) is 1.12. The quantitative estimate of drug-likeness (QED) is 0.490. The van der Waals surface area contributed by atoms with Gasteiger partial charge in [0.2, 0.25) is 0 Å². The predicted octanol–water partition coefficient (Wildman–Crippen LogP) is 0.348. The van der Waals surface area contributed by atoms with E-state index in [1.54, 1.807) is 6.92 Å². The van der Waals surface area contributed by atoms with Crippen LogP contribution in [0.4, 0.5) is 0 Å². The molecule has 0 fully saturated rings. The van der Waals surface area contributed by atoms with Crippen LogP contribution in [0.5, 0.6) is 0 Å². The van der Waals surface area contributed by atoms with E-state index >= 15 is 0 Å². The maximum Gasteiger partial charge on any atom is 0.308 e. The van der Waals surface area contributed by atoms with Crippen LogP contribution in [0.1, 0.15) is 19.8 Å². The molecule has 0 aliphatic carbocycles. The summed E-state index contributed by atoms with van der Waals surface area (Å²) in [6.45, 7) is 5.04. The maximum atomic E-state index is 10.9. The van der Waals surface area contributed by atoms with Crippen molar-refractivity contribution in [2.75, 3.05) is 32.9 Å². The number of nitrogens with one attached hydrogen (secondary N) is 1. The number of aliphatic imine (C=N–C) groups is 1. The highest BCUT2D eigenvalue weighted by Crippen LogP contribution is 1.93. The van der Waals surface area contributed by atoms with Gasteiger partial charge in [-0.2, -0.15) is 0 Å². The maximum absolute atomic E-state index is 10.9. The first-order valence-electron chi connectivity index (χ1n) is 5.33. The van der Waals surface area contributed by atoms with Gasteiger partial charge in [0.25, 0.3) is 0 Å². The molecule has 0 saturated carbocycles. The Bertz CT molecular complexity index is 229. The molecule has 1 N–H and O–H groups in total. The second-order valence-electron chi connectivity index (χ2n) is 3.17. The van der Waals surface area contributed by atoms with Crippen molar-refractivity contribution in [2.45, 2.75) is 19.8 Å². The number of esters is 1. The minimum absolute atomic E-state index is 0.200. The van der Waals surface area contributed by atoms with Gasteiger partial charge in [0.15, 0.2) is 0 Å². The molecule has 1 aliphatic rings. The van der Waals surface area contributed by atoms with E-state index in [0.29, 0.717) is 26.2 Å². The summed E-state index contributed by atoms with van der Waals surface area (Å²) >= 11 is 0. The highest BCUT2D eigenvalue weighted by atomic mass is 16.5. The number of hydrogen-bond donors (Lipinski definition) is 1. The van der Waals surface area contributed by atoms with E-state index in [9.17, 15) is 4.79 Å². The van der Waals surface area contributed by atoms with Crippen LogP contribution >= 0.6 is 0 Å². The lowest BCUT2D eigenvalue weighted by molar-refractivity contribution is -0.144. The molecule has 0 bridgehead atoms. The molecule has 0 amide bonds. The van der Waals surface area contributed by atoms with Gasteiger partial charge in [0.1, 0.15) is 0 Å². The van der Waals surface area contributed by atoms with E-state index in [1.807, 2.05) is 0 Å². The van der Waals surface area contributed by atoms with Crippen molar-refractivity contribution in [3.8, 4) is 0 Å². The van der Waals surface area contributed by atoms with Crippen LogP contribution < -0.4 is 5.32 Å². The smallest absolute Gasteiger partial charge is 0.308 e. The van der Waals surface area contributed by atoms with Gasteiger partial charge in [-0.05, 0) is 6.92 Å². The third kappa shape index (κ3) is 5.37. The number of rotatable bonds is 7. The SMILES string of the molecule is CCOC(=O)CCOCCC1=NCCN1. The Morgan fingerprint density at radius 1 is 1.53 bits per heavy atom. The molecule has 86 valence electrons. The summed E-state index contributed by atoms with van der Waals surface area (Å²) in [5.41, 5.74) is 0. The fourth-order valence-electron chi connectivity index (χ4n) is 1.27. The molecule has 0 radical (unpaired) electrons. The molecule has 0 spiro atoms. The van der Waals surface area contributed by atoms with Gasteiger partial charge >= 0.3 is 5.97 Å². The Labute approximate surface area is 89.9 Å². The van der Waals surface area contributed by atoms with Crippen LogP contribution in [0.15, 0.2) is 4.99 Å². The van der Waals surface area contributed by atoms with Gasteiger partial charge in [-0.1, -0.05) is 0 Å². The van der Waals surface area contributed by atoms with Crippen molar-refractivity contribution in [1.29, 1.82) is 0 Å². The molecule has 1 heterocycles. The Balaban J connectivity index is 1.90. The zero-order valence-corrected chi connectivity index (χ0v) is 9.12. The number of amidine groups is 1. The number of hydrogen-bond acceptors (Lipinski definition) is 5. The summed E-state index contributed by atoms with van der Waals surface area (Å²) in [5, 5.41) is 3.15. The van der Waals surface area contributed by atoms with E-state index in [4.69, 9.17) is 9.47 Å². The van der Waals surface area contributed by atoms with Crippen molar-refractivity contribution in [2.24, 2.45) is 4.99 Å². The van der Waals surface area contributed by atoms with E-state index in [1.165, 1.54) is 0 Å². The van der Waals surface area contributed by atoms with Crippen molar-refractivity contribution < 1.29 is 14.3 Å². The van der Waals surface area contributed by atoms with Crippen LogP contribution in [0.25, 0.3) is 0 Å². The van der Waals surface area contributed by atoms with Crippen LogP contribution in [0.2, 0.25) is 0 Å². The zero-order valence-electron chi connectivity index (χ0n) is 9.12. The molecule has 15 heavy (non-hydrogen) atoms. The molecule has 5 nitrogen and oxygen atoms in total. The Hall–Kier alpha value is -1.10. The average molecular weight is 214 g/mol. The molecule has 0 aromatic heterocycles. The molecule has 0 saturated heterocycles. The van der Waals surface area contributed by atoms with E-state index in [2.05, 4.69) is 10.3 Å². The standard InChI is InChI=1S/C10H18N2O3/c1-2-15-10(13)4-8-14-7-3-9-11-5-6-12-9/h2-8H2,1H3,(H,11,12). The van der Waals surface area contributed by atoms with Crippen molar-refractivity contribution in [3.05, 3.63) is 0 Å². The average Bonchev–Trinajstić information content (AvgIpc) is 2.70. The van der Waals surface area contributed by atoms with E-state index in [-0.39, 0.29) is 5.97 Å². The van der Waals surface area contributed by atoms with Crippen LogP contribution in [0, 0.1) is 0 Å². The lowest BCUT2D eigenvalue weighted by Gasteiger charge is -2.04. The first kappa shape index (κ1) is 12.0. The first-order chi connectivity index (χ1) is 7.33. The Kier molecular flexibility index (Phi) is 5.77. The summed E-state index contributed by atoms with van der Waals surface area (Å²) < 4.78 is 10.1. The lowest BCUT2D eigenvalue weighted by atomic mass is 10.4. The summed E-state index contributed by atoms with van der Waals surface area (Å²) in [5.74, 6) is 0.806. The molecule has 0 aromatic rings. The van der Waals surface area contributed by atoms with Crippen molar-refractivity contribution in [3.63, 3.8) is 0 Å². The minimum atomic E-state index is -0.200. The lowest BCUT2D eigenvalue weighted by Crippen LogP contribution is -2.20. The molecule has 1 rings (SSSR count). The van der Waals surface area contributed by atoms with Gasteiger partial charge in [-0.15, -0.1) is 0 Å². The number of ether oxygens (including phenoxy) is 2. The number of nitrogens with zero attached hydrogens (tertiary/aromatic N) is 1.